The van der Waals surface area contributed by atoms with Gasteiger partial charge in [-0.05, 0) is 168 Å². The van der Waals surface area contributed by atoms with Crippen molar-refractivity contribution in [1.29, 1.82) is 0 Å². The number of primary amides is 2. The Labute approximate surface area is 707 Å². The van der Waals surface area contributed by atoms with Crippen molar-refractivity contribution < 1.29 is 76.7 Å². The van der Waals surface area contributed by atoms with Gasteiger partial charge in [0.1, 0.15) is 78.5 Å². The largest absolute Gasteiger partial charge is 0.370 e. The Kier molecular flexibility index (Phi) is 48.8. The summed E-state index contributed by atoms with van der Waals surface area (Å²) in [5.74, 6) is -15.6. The second kappa shape index (κ2) is 55.1. The van der Waals surface area contributed by atoms with E-state index in [-0.39, 0.29) is 107 Å². The van der Waals surface area contributed by atoms with Gasteiger partial charge in [-0.1, -0.05) is 135 Å². The molecule has 0 unspecified atom stereocenters. The first-order valence-electron chi connectivity index (χ1n) is 42.6. The lowest BCUT2D eigenvalue weighted by atomic mass is 9.95. The lowest BCUT2D eigenvalue weighted by molar-refractivity contribution is -0.137. The molecule has 0 aliphatic heterocycles. The first kappa shape index (κ1) is 106. The monoisotopic (exact) mass is 1690 g/mol. The maximum absolute atomic E-state index is 14.7. The summed E-state index contributed by atoms with van der Waals surface area (Å²) in [6.45, 7) is 27.7. The van der Waals surface area contributed by atoms with E-state index >= 15 is 0 Å². The van der Waals surface area contributed by atoms with Crippen LogP contribution in [0.4, 0.5) is 0 Å². The van der Waals surface area contributed by atoms with E-state index in [9.17, 15) is 76.7 Å². The van der Waals surface area contributed by atoms with Crippen LogP contribution in [0.1, 0.15) is 219 Å². The Morgan fingerprint density at radius 3 is 1.07 bits per heavy atom. The van der Waals surface area contributed by atoms with Crippen LogP contribution < -0.4 is 109 Å². The van der Waals surface area contributed by atoms with Gasteiger partial charge in [-0.3, -0.25) is 76.7 Å². The highest BCUT2D eigenvalue weighted by atomic mass is 16.2. The minimum absolute atomic E-state index is 0.00922. The van der Waals surface area contributed by atoms with Crippen LogP contribution in [0.25, 0.3) is 10.9 Å². The summed E-state index contributed by atoms with van der Waals surface area (Å²) in [6, 6.07) is -9.52. The van der Waals surface area contributed by atoms with Gasteiger partial charge in [0.05, 0.1) is 19.5 Å². The van der Waals surface area contributed by atoms with Gasteiger partial charge >= 0.3 is 0 Å². The molecule has 0 aliphatic carbocycles. The van der Waals surface area contributed by atoms with Gasteiger partial charge in [0.25, 0.3) is 0 Å². The van der Waals surface area contributed by atoms with E-state index in [0.29, 0.717) is 44.9 Å². The smallest absolute Gasteiger partial charge is 0.243 e. The molecule has 1 heterocycles. The highest BCUT2D eigenvalue weighted by molar-refractivity contribution is 6.01. The van der Waals surface area contributed by atoms with Crippen LogP contribution in [0.15, 0.2) is 30.5 Å². The summed E-state index contributed by atoms with van der Waals surface area (Å²) in [5.41, 5.74) is 35.9. The third-order valence-electron chi connectivity index (χ3n) is 20.2. The van der Waals surface area contributed by atoms with E-state index < -0.39 is 210 Å². The zero-order chi connectivity index (χ0) is 90.8. The number of para-hydroxylation sites is 1. The molecular formula is C83H145N21O16. The number of fused-ring (bicyclic) bond motifs is 1. The third kappa shape index (κ3) is 39.1. The molecule has 0 radical (unpaired) electrons. The maximum atomic E-state index is 14.7. The first-order chi connectivity index (χ1) is 56.4. The SMILES string of the molecule is CC[C@H](C)[C@H](NC(=O)[C@H](CCCCN)NC(=O)[C@H](CC(C)C)NC(=O)CNC(=O)[C@H](CC(C)C)NC(=O)[C@H](CCCCN)NC(=O)[C@H](Cc1c[nH]c2ccccc12)NC(=O)CN)C(=O)N[C@@H](CC(C)C)C(=O)N[C@@H](CC(N)=O)C(=O)N[C@H](C(=O)N[C@@H](CC(C)C)C(=O)N[C@@H](CCCCN)C(=O)N[C@H](C(=O)N[C@@H](CC(C)C)C(N)=O)C(C)C)C(C)C. The Morgan fingerprint density at radius 1 is 0.350 bits per heavy atom. The molecule has 0 spiro atoms. The molecule has 2 rings (SSSR count). The van der Waals surface area contributed by atoms with Crippen molar-refractivity contribution in [3.05, 3.63) is 36.0 Å². The number of rotatable bonds is 59. The van der Waals surface area contributed by atoms with Crippen molar-refractivity contribution in [2.24, 2.45) is 81.7 Å². The zero-order valence-corrected chi connectivity index (χ0v) is 73.6. The number of benzene rings is 1. The van der Waals surface area contributed by atoms with Crippen LogP contribution >= 0.6 is 0 Å². The zero-order valence-electron chi connectivity index (χ0n) is 73.6. The van der Waals surface area contributed by atoms with Crippen molar-refractivity contribution in [2.45, 2.75) is 298 Å². The van der Waals surface area contributed by atoms with Crippen LogP contribution in [0.3, 0.4) is 0 Å². The predicted octanol–water partition coefficient (Wildman–Crippen LogP) is -0.576. The Balaban J connectivity index is 2.43. The quantitative estimate of drug-likeness (QED) is 0.0369. The summed E-state index contributed by atoms with van der Waals surface area (Å²) in [6.07, 6.45) is 4.32. The van der Waals surface area contributed by atoms with Crippen LogP contribution in [0, 0.1) is 47.3 Å². The fourth-order valence-corrected chi connectivity index (χ4v) is 13.4. The number of aromatic nitrogens is 1. The Bertz CT molecular complexity index is 3660. The van der Waals surface area contributed by atoms with Gasteiger partial charge in [0, 0.05) is 23.5 Å². The normalized spacial score (nSPS) is 15.1. The van der Waals surface area contributed by atoms with Crippen molar-refractivity contribution in [1.82, 2.24) is 79.4 Å². The predicted molar refractivity (Wildman–Crippen MR) is 457 cm³/mol. The molecule has 0 saturated heterocycles. The molecule has 2 aromatic rings. The number of hydrogen-bond acceptors (Lipinski definition) is 20. The molecule has 27 N–H and O–H groups in total. The number of amides is 16. The van der Waals surface area contributed by atoms with Gasteiger partial charge < -0.3 is 114 Å². The summed E-state index contributed by atoms with van der Waals surface area (Å²) in [7, 11) is 0. The van der Waals surface area contributed by atoms with Crippen molar-refractivity contribution in [3.63, 3.8) is 0 Å². The summed E-state index contributed by atoms with van der Waals surface area (Å²) in [4.78, 5) is 227. The standard InChI is InChI=1S/C83H145N21O16/c1-17-51(16)70(83(120)101-62(38-48(10)11)78(115)99-64(40-65(88)105)80(117)103-69(50(14)15)82(119)100-61(37-47(8)9)77(114)96-56(29-21-24-32-85)74(111)102-68(49(12)13)81(118)97-58(71(89)108)34-44(2)3)104-75(112)57(30-22-25-33-86)95-76(113)60(36-46(6)7)93-67(107)43-91-72(109)59(35-45(4)5)98-73(110)55(28-20-23-31-84)94-79(116)63(92-66(106)41-87)39-52-42-90-54-27-19-18-26-53(52)54/h18-19,26-27,42,44-51,55-64,68-70,90H,17,20-25,28-41,43,84-87H2,1-16H3,(H2,88,105)(H2,89,108)(H,91,109)(H,92,106)(H,93,107)(H,94,116)(H,95,113)(H,96,114)(H,97,118)(H,98,110)(H,99,115)(H,100,119)(H,101,120)(H,102,111)(H,103,117)(H,104,112)/t51-,55-,56-,57-,58-,59-,60-,61-,62-,63-,64-,68-,69-,70-/m0/s1. The molecule has 678 valence electrons. The highest BCUT2D eigenvalue weighted by Gasteiger charge is 2.40. The number of carbonyl (C=O) groups excluding carboxylic acids is 16. The van der Waals surface area contributed by atoms with E-state index in [1.807, 2.05) is 52.0 Å². The third-order valence-corrected chi connectivity index (χ3v) is 20.2. The van der Waals surface area contributed by atoms with E-state index in [0.717, 1.165) is 16.5 Å². The molecule has 0 bridgehead atoms. The topological polar surface area (TPSA) is 613 Å². The van der Waals surface area contributed by atoms with Crippen LogP contribution in [-0.4, -0.2) is 211 Å². The number of unbranched alkanes of at least 4 members (excludes halogenated alkanes) is 3. The first-order valence-corrected chi connectivity index (χ1v) is 42.6. The minimum Gasteiger partial charge on any atom is -0.370 e. The average molecular weight is 1690 g/mol. The van der Waals surface area contributed by atoms with Gasteiger partial charge in [-0.2, -0.15) is 0 Å². The molecule has 16 amide bonds. The molecular weight excluding hydrogens is 1550 g/mol. The summed E-state index contributed by atoms with van der Waals surface area (Å²) >= 11 is 0. The average Bonchev–Trinajstić information content (AvgIpc) is 1.70. The van der Waals surface area contributed by atoms with E-state index in [1.165, 1.54) is 0 Å². The number of hydrogen-bond donors (Lipinski definition) is 21. The Morgan fingerprint density at radius 2 is 0.675 bits per heavy atom. The molecule has 1 aromatic carbocycles. The highest BCUT2D eigenvalue weighted by Crippen LogP contribution is 2.22. The van der Waals surface area contributed by atoms with E-state index in [1.54, 1.807) is 89.3 Å². The number of nitrogens with two attached hydrogens (primary N) is 6. The maximum Gasteiger partial charge on any atom is 0.243 e. The second-order valence-corrected chi connectivity index (χ2v) is 34.1. The molecule has 0 saturated carbocycles. The van der Waals surface area contributed by atoms with Crippen LogP contribution in [0.2, 0.25) is 0 Å². The number of H-pyrrole nitrogens is 1. The molecule has 37 heteroatoms. The molecule has 37 nitrogen and oxygen atoms in total. The van der Waals surface area contributed by atoms with E-state index in [4.69, 9.17) is 34.4 Å². The van der Waals surface area contributed by atoms with Gasteiger partial charge in [-0.15, -0.1) is 0 Å². The molecule has 0 aliphatic rings. The van der Waals surface area contributed by atoms with Crippen molar-refractivity contribution in [2.75, 3.05) is 32.7 Å². The van der Waals surface area contributed by atoms with Gasteiger partial charge in [0.15, 0.2) is 0 Å². The minimum atomic E-state index is -1.75. The summed E-state index contributed by atoms with van der Waals surface area (Å²) < 4.78 is 0. The molecule has 14 atom stereocenters. The fraction of sp³-hybridized carbons (Fsp3) is 0.711. The molecule has 1 aromatic heterocycles. The lowest BCUT2D eigenvalue weighted by Crippen LogP contribution is -2.62. The fourth-order valence-electron chi connectivity index (χ4n) is 13.4. The van der Waals surface area contributed by atoms with Crippen molar-refractivity contribution >= 4 is 105 Å². The van der Waals surface area contributed by atoms with E-state index in [2.05, 4.69) is 79.4 Å². The molecule has 120 heavy (non-hydrogen) atoms. The Hall–Kier alpha value is -9.88. The number of nitrogens with one attached hydrogen (secondary N) is 15. The van der Waals surface area contributed by atoms with Gasteiger partial charge in [-0.25, -0.2) is 0 Å². The lowest BCUT2D eigenvalue weighted by Gasteiger charge is -2.30. The molecule has 0 fully saturated rings. The second-order valence-electron chi connectivity index (χ2n) is 34.1. The van der Waals surface area contributed by atoms with Crippen molar-refractivity contribution in [3.8, 4) is 0 Å². The number of carbonyl (C=O) groups is 16. The van der Waals surface area contributed by atoms with Gasteiger partial charge in [0.2, 0.25) is 94.5 Å². The summed E-state index contributed by atoms with van der Waals surface area (Å²) in [5, 5.41) is 38.5. The van der Waals surface area contributed by atoms with Crippen LogP contribution in [-0.2, 0) is 83.1 Å². The van der Waals surface area contributed by atoms with Crippen LogP contribution in [0.5, 0.6) is 0 Å². The number of aromatic amines is 1.